The molecule has 25 heavy (non-hydrogen) atoms. The largest absolute Gasteiger partial charge is 0.389 e. The lowest BCUT2D eigenvalue weighted by Gasteiger charge is -2.15. The van der Waals surface area contributed by atoms with Crippen LogP contribution in [0.1, 0.15) is 11.4 Å². The van der Waals surface area contributed by atoms with E-state index in [1.807, 2.05) is 36.7 Å². The second-order valence-corrected chi connectivity index (χ2v) is 6.41. The Kier molecular flexibility index (Phi) is 4.84. The molecule has 0 amide bonds. The van der Waals surface area contributed by atoms with Crippen molar-refractivity contribution in [2.24, 2.45) is 0 Å². The fourth-order valence-corrected chi connectivity index (χ4v) is 3.53. The lowest BCUT2D eigenvalue weighted by molar-refractivity contribution is 0.132. The van der Waals surface area contributed by atoms with Gasteiger partial charge in [-0.2, -0.15) is 5.10 Å². The fourth-order valence-electron chi connectivity index (χ4n) is 3.53. The van der Waals surface area contributed by atoms with E-state index in [0.29, 0.717) is 13.1 Å². The Labute approximate surface area is 153 Å². The van der Waals surface area contributed by atoms with Crippen molar-refractivity contribution in [2.45, 2.75) is 33.0 Å². The lowest BCUT2D eigenvalue weighted by atomic mass is 10.2. The zero-order chi connectivity index (χ0) is 16.7. The molecule has 2 aromatic carbocycles. The van der Waals surface area contributed by atoms with Gasteiger partial charge in [0.25, 0.3) is 0 Å². The third-order valence-corrected chi connectivity index (χ3v) is 4.56. The molecule has 4 rings (SSSR count). The van der Waals surface area contributed by atoms with Crippen LogP contribution in [0.5, 0.6) is 0 Å². The number of rotatable bonds is 4. The minimum absolute atomic E-state index is 0. The van der Waals surface area contributed by atoms with Gasteiger partial charge in [-0.1, -0.05) is 36.4 Å². The standard InChI is InChI=1S/C20H21N3O.ClH/c1-14-11-15(2)23(21-14)13-16(24)12-22-19-9-5-3-7-17(19)18-8-4-6-10-20(18)22;/h3-11,16,24H,12-13H2,1-2H3;1H. The maximum absolute atomic E-state index is 10.6. The van der Waals surface area contributed by atoms with Crippen molar-refractivity contribution in [3.63, 3.8) is 0 Å². The number of fused-ring (bicyclic) bond motifs is 3. The summed E-state index contributed by atoms with van der Waals surface area (Å²) in [6.45, 7) is 5.04. The number of benzene rings is 2. The average Bonchev–Trinajstić information content (AvgIpc) is 3.06. The van der Waals surface area contributed by atoms with Gasteiger partial charge in [-0.25, -0.2) is 0 Å². The number of aromatic nitrogens is 3. The first-order valence-corrected chi connectivity index (χ1v) is 8.28. The molecule has 0 fully saturated rings. The molecule has 0 aliphatic rings. The van der Waals surface area contributed by atoms with Gasteiger partial charge in [0.2, 0.25) is 0 Å². The van der Waals surface area contributed by atoms with E-state index in [-0.39, 0.29) is 12.4 Å². The molecule has 2 heterocycles. The SMILES string of the molecule is Cc1cc(C)n(CC(O)Cn2c3ccccc3c3ccccc32)n1.Cl. The molecule has 0 saturated heterocycles. The van der Waals surface area contributed by atoms with Crippen molar-refractivity contribution in [3.8, 4) is 0 Å². The van der Waals surface area contributed by atoms with Gasteiger partial charge >= 0.3 is 0 Å². The number of hydrogen-bond donors (Lipinski definition) is 1. The molecule has 1 unspecified atom stereocenters. The second-order valence-electron chi connectivity index (χ2n) is 6.41. The summed E-state index contributed by atoms with van der Waals surface area (Å²) in [5.74, 6) is 0. The monoisotopic (exact) mass is 355 g/mol. The maximum atomic E-state index is 10.6. The molecule has 4 aromatic rings. The minimum atomic E-state index is -0.498. The van der Waals surface area contributed by atoms with Crippen molar-refractivity contribution < 1.29 is 5.11 Å². The van der Waals surface area contributed by atoms with Gasteiger partial charge in [-0.05, 0) is 32.0 Å². The molecule has 1 N–H and O–H groups in total. The van der Waals surface area contributed by atoms with Crippen LogP contribution < -0.4 is 0 Å². The van der Waals surface area contributed by atoms with Gasteiger partial charge in [-0.15, -0.1) is 12.4 Å². The van der Waals surface area contributed by atoms with Gasteiger partial charge in [-0.3, -0.25) is 4.68 Å². The Morgan fingerprint density at radius 1 is 0.920 bits per heavy atom. The number of hydrogen-bond acceptors (Lipinski definition) is 2. The number of para-hydroxylation sites is 2. The third kappa shape index (κ3) is 3.15. The highest BCUT2D eigenvalue weighted by Crippen LogP contribution is 2.28. The molecule has 0 radical (unpaired) electrons. The highest BCUT2D eigenvalue weighted by atomic mass is 35.5. The highest BCUT2D eigenvalue weighted by molar-refractivity contribution is 6.07. The van der Waals surface area contributed by atoms with E-state index in [1.165, 1.54) is 10.8 Å². The first kappa shape index (κ1) is 17.5. The summed E-state index contributed by atoms with van der Waals surface area (Å²) in [5, 5.41) is 17.6. The summed E-state index contributed by atoms with van der Waals surface area (Å²) >= 11 is 0. The Bertz CT molecular complexity index is 965. The second kappa shape index (κ2) is 6.90. The first-order valence-electron chi connectivity index (χ1n) is 8.28. The van der Waals surface area contributed by atoms with Crippen LogP contribution in [0.4, 0.5) is 0 Å². The van der Waals surface area contributed by atoms with Gasteiger partial charge in [0, 0.05) is 27.5 Å². The van der Waals surface area contributed by atoms with E-state index in [9.17, 15) is 5.11 Å². The Morgan fingerprint density at radius 2 is 1.48 bits per heavy atom. The normalized spacial score (nSPS) is 12.4. The molecule has 0 saturated carbocycles. The predicted octanol–water partition coefficient (Wildman–Crippen LogP) is 4.09. The van der Waals surface area contributed by atoms with Crippen LogP contribution in [0, 0.1) is 13.8 Å². The van der Waals surface area contributed by atoms with Crippen molar-refractivity contribution in [1.29, 1.82) is 0 Å². The molecule has 0 aliphatic heterocycles. The van der Waals surface area contributed by atoms with Crippen LogP contribution in [0.25, 0.3) is 21.8 Å². The summed E-state index contributed by atoms with van der Waals surface area (Å²) in [6, 6.07) is 18.8. The predicted molar refractivity (Wildman–Crippen MR) is 104 cm³/mol. The van der Waals surface area contributed by atoms with Crippen LogP contribution in [0.15, 0.2) is 54.6 Å². The van der Waals surface area contributed by atoms with Gasteiger partial charge in [0.15, 0.2) is 0 Å². The smallest absolute Gasteiger partial charge is 0.0914 e. The van der Waals surface area contributed by atoms with Crippen molar-refractivity contribution in [2.75, 3.05) is 0 Å². The molecular formula is C20H22ClN3O. The van der Waals surface area contributed by atoms with Gasteiger partial charge in [0.05, 0.1) is 24.9 Å². The summed E-state index contributed by atoms with van der Waals surface area (Å²) in [7, 11) is 0. The van der Waals surface area contributed by atoms with Crippen LogP contribution in [0.3, 0.4) is 0 Å². The van der Waals surface area contributed by atoms with Gasteiger partial charge < -0.3 is 9.67 Å². The van der Waals surface area contributed by atoms with Gasteiger partial charge in [0.1, 0.15) is 0 Å². The molecule has 0 bridgehead atoms. The Morgan fingerprint density at radius 3 is 2.00 bits per heavy atom. The molecular weight excluding hydrogens is 334 g/mol. The number of aliphatic hydroxyl groups excluding tert-OH is 1. The molecule has 2 aromatic heterocycles. The molecule has 5 heteroatoms. The maximum Gasteiger partial charge on any atom is 0.0914 e. The Balaban J connectivity index is 0.00000182. The quantitative estimate of drug-likeness (QED) is 0.599. The van der Waals surface area contributed by atoms with Crippen molar-refractivity contribution in [1.82, 2.24) is 14.3 Å². The number of aliphatic hydroxyl groups is 1. The first-order chi connectivity index (χ1) is 11.6. The fraction of sp³-hybridized carbons (Fsp3) is 0.250. The molecule has 0 aliphatic carbocycles. The number of halogens is 1. The zero-order valence-corrected chi connectivity index (χ0v) is 15.2. The van der Waals surface area contributed by atoms with Crippen LogP contribution >= 0.6 is 12.4 Å². The summed E-state index contributed by atoms with van der Waals surface area (Å²) in [6.07, 6.45) is -0.498. The van der Waals surface area contributed by atoms with Crippen molar-refractivity contribution >= 4 is 34.2 Å². The molecule has 0 spiro atoms. The summed E-state index contributed by atoms with van der Waals surface area (Å²) in [5.41, 5.74) is 4.38. The average molecular weight is 356 g/mol. The lowest BCUT2D eigenvalue weighted by Crippen LogP contribution is -2.23. The van der Waals surface area contributed by atoms with Crippen LogP contribution in [-0.2, 0) is 13.1 Å². The van der Waals surface area contributed by atoms with Crippen LogP contribution in [0.2, 0.25) is 0 Å². The van der Waals surface area contributed by atoms with E-state index in [4.69, 9.17) is 0 Å². The summed E-state index contributed by atoms with van der Waals surface area (Å²) < 4.78 is 4.09. The molecule has 1 atom stereocenters. The number of aryl methyl sites for hydroxylation is 2. The Hall–Kier alpha value is -2.30. The topological polar surface area (TPSA) is 43.0 Å². The van der Waals surface area contributed by atoms with E-state index in [0.717, 1.165) is 22.4 Å². The highest BCUT2D eigenvalue weighted by Gasteiger charge is 2.14. The van der Waals surface area contributed by atoms with E-state index >= 15 is 0 Å². The number of nitrogens with zero attached hydrogens (tertiary/aromatic N) is 3. The van der Waals surface area contributed by atoms with Crippen molar-refractivity contribution in [3.05, 3.63) is 66.0 Å². The van der Waals surface area contributed by atoms with Crippen LogP contribution in [-0.4, -0.2) is 25.6 Å². The minimum Gasteiger partial charge on any atom is -0.389 e. The molecule has 130 valence electrons. The van der Waals surface area contributed by atoms with E-state index in [2.05, 4.69) is 46.1 Å². The van der Waals surface area contributed by atoms with E-state index in [1.54, 1.807) is 0 Å². The zero-order valence-electron chi connectivity index (χ0n) is 14.4. The summed E-state index contributed by atoms with van der Waals surface area (Å²) in [4.78, 5) is 0. The van der Waals surface area contributed by atoms with E-state index < -0.39 is 6.10 Å². The third-order valence-electron chi connectivity index (χ3n) is 4.56. The molecule has 4 nitrogen and oxygen atoms in total.